The summed E-state index contributed by atoms with van der Waals surface area (Å²) >= 11 is 0. The topological polar surface area (TPSA) is 60.0 Å². The van der Waals surface area contributed by atoms with E-state index in [1.807, 2.05) is 29.2 Å². The van der Waals surface area contributed by atoms with Gasteiger partial charge >= 0.3 is 0 Å². The van der Waals surface area contributed by atoms with E-state index in [4.69, 9.17) is 14.2 Å². The van der Waals surface area contributed by atoms with Gasteiger partial charge in [0.25, 0.3) is 5.91 Å². The maximum absolute atomic E-state index is 14.1. The lowest BCUT2D eigenvalue weighted by Gasteiger charge is -2.28. The van der Waals surface area contributed by atoms with Crippen molar-refractivity contribution in [2.45, 2.75) is 31.8 Å². The molecule has 1 heterocycles. The van der Waals surface area contributed by atoms with Gasteiger partial charge in [-0.15, -0.1) is 0 Å². The van der Waals surface area contributed by atoms with Crippen LogP contribution < -0.4 is 14.8 Å². The number of nitrogens with one attached hydrogen (secondary N) is 1. The maximum Gasteiger partial charge on any atom is 0.251 e. The number of carbonyl (C=O) groups is 1. The second-order valence-electron chi connectivity index (χ2n) is 9.85. The molecule has 1 amide bonds. The molecule has 198 valence electrons. The number of rotatable bonds is 11. The van der Waals surface area contributed by atoms with Crippen LogP contribution in [0.3, 0.4) is 0 Å². The summed E-state index contributed by atoms with van der Waals surface area (Å²) in [5.41, 5.74) is 6.48. The summed E-state index contributed by atoms with van der Waals surface area (Å²) < 4.78 is 16.5. The summed E-state index contributed by atoms with van der Waals surface area (Å²) in [6.07, 6.45) is 2.90. The molecule has 0 bridgehead atoms. The van der Waals surface area contributed by atoms with Crippen molar-refractivity contribution >= 4 is 11.5 Å². The number of ether oxygens (including phenoxy) is 3. The van der Waals surface area contributed by atoms with E-state index in [0.29, 0.717) is 26.3 Å². The van der Waals surface area contributed by atoms with Crippen LogP contribution in [0.4, 0.5) is 0 Å². The fourth-order valence-electron chi connectivity index (χ4n) is 5.01. The van der Waals surface area contributed by atoms with Crippen molar-refractivity contribution in [2.75, 3.05) is 40.5 Å². The van der Waals surface area contributed by atoms with Gasteiger partial charge in [-0.1, -0.05) is 48.5 Å². The minimum Gasteiger partial charge on any atom is -0.497 e. The molecule has 5 rings (SSSR count). The van der Waals surface area contributed by atoms with Gasteiger partial charge in [0.1, 0.15) is 18.1 Å². The van der Waals surface area contributed by atoms with Crippen molar-refractivity contribution in [2.24, 2.45) is 0 Å². The Hall–Kier alpha value is -3.61. The maximum atomic E-state index is 14.1. The molecule has 0 atom stereocenters. The summed E-state index contributed by atoms with van der Waals surface area (Å²) in [5, 5.41) is 3.44. The van der Waals surface area contributed by atoms with Crippen LogP contribution in [0.5, 0.6) is 11.5 Å². The predicted molar refractivity (Wildman–Crippen MR) is 150 cm³/mol. The summed E-state index contributed by atoms with van der Waals surface area (Å²) in [6.45, 7) is 2.93. The summed E-state index contributed by atoms with van der Waals surface area (Å²) in [6, 6.07) is 25.1. The Balaban J connectivity index is 1.44. The number of benzene rings is 3. The molecule has 38 heavy (non-hydrogen) atoms. The van der Waals surface area contributed by atoms with Gasteiger partial charge in [0.05, 0.1) is 13.7 Å². The molecule has 1 saturated carbocycles. The minimum atomic E-state index is 0.115. The van der Waals surface area contributed by atoms with E-state index in [9.17, 15) is 4.79 Å². The number of methoxy groups -OCH3 is 2. The number of amides is 1. The normalized spacial score (nSPS) is 15.3. The molecule has 0 saturated heterocycles. The van der Waals surface area contributed by atoms with Crippen LogP contribution in [0.1, 0.15) is 30.4 Å². The Morgan fingerprint density at radius 3 is 2.42 bits per heavy atom. The molecule has 2 aliphatic rings. The van der Waals surface area contributed by atoms with Gasteiger partial charge in [0, 0.05) is 37.9 Å². The zero-order chi connectivity index (χ0) is 26.3. The van der Waals surface area contributed by atoms with Gasteiger partial charge in [0.2, 0.25) is 0 Å². The van der Waals surface area contributed by atoms with E-state index in [0.717, 1.165) is 65.1 Å². The van der Waals surface area contributed by atoms with Crippen molar-refractivity contribution < 1.29 is 19.0 Å². The second-order valence-corrected chi connectivity index (χ2v) is 9.85. The highest BCUT2D eigenvalue weighted by Crippen LogP contribution is 2.35. The first kappa shape index (κ1) is 26.0. The zero-order valence-electron chi connectivity index (χ0n) is 22.2. The molecule has 6 nitrogen and oxygen atoms in total. The third-order valence-electron chi connectivity index (χ3n) is 7.13. The van der Waals surface area contributed by atoms with Crippen LogP contribution in [0.15, 0.2) is 78.4 Å². The van der Waals surface area contributed by atoms with Gasteiger partial charge < -0.3 is 24.4 Å². The molecule has 1 N–H and O–H groups in total. The average molecular weight is 513 g/mol. The largest absolute Gasteiger partial charge is 0.497 e. The third kappa shape index (κ3) is 6.26. The van der Waals surface area contributed by atoms with Crippen LogP contribution in [-0.4, -0.2) is 57.4 Å². The molecule has 1 fully saturated rings. The van der Waals surface area contributed by atoms with Crippen LogP contribution in [0.25, 0.3) is 16.7 Å². The summed E-state index contributed by atoms with van der Waals surface area (Å²) in [7, 11) is 3.30. The standard InChI is InChI=1S/C32H36N2O4/c1-36-15-16-38-29-18-23(17-28(20-29)37-2)22-34(27-11-12-27)32(35)31-21-33-14-13-30(31)26-10-6-9-25(19-26)24-7-4-3-5-8-24/h3-10,17-20,27,33H,11-16,21-22H2,1-2H3. The molecule has 3 aromatic rings. The lowest BCUT2D eigenvalue weighted by Crippen LogP contribution is -2.39. The quantitative estimate of drug-likeness (QED) is 0.352. The molecule has 1 aliphatic heterocycles. The predicted octanol–water partition coefficient (Wildman–Crippen LogP) is 5.33. The Morgan fingerprint density at radius 1 is 0.895 bits per heavy atom. The smallest absolute Gasteiger partial charge is 0.251 e. The van der Waals surface area contributed by atoms with Crippen molar-refractivity contribution in [1.82, 2.24) is 10.2 Å². The first-order chi connectivity index (χ1) is 18.7. The Bertz CT molecular complexity index is 1280. The van der Waals surface area contributed by atoms with E-state index in [2.05, 4.69) is 53.8 Å². The molecule has 0 aromatic heterocycles. The van der Waals surface area contributed by atoms with Crippen LogP contribution in [-0.2, 0) is 16.1 Å². The van der Waals surface area contributed by atoms with Gasteiger partial charge in [-0.25, -0.2) is 0 Å². The van der Waals surface area contributed by atoms with Crippen LogP contribution in [0.2, 0.25) is 0 Å². The SMILES string of the molecule is COCCOc1cc(CN(C(=O)C2=C(c3cccc(-c4ccccc4)c3)CCNC2)C2CC2)cc(OC)c1. The highest BCUT2D eigenvalue weighted by Gasteiger charge is 2.35. The van der Waals surface area contributed by atoms with Gasteiger partial charge in [-0.3, -0.25) is 4.79 Å². The minimum absolute atomic E-state index is 0.115. The van der Waals surface area contributed by atoms with Gasteiger partial charge in [-0.2, -0.15) is 0 Å². The Labute approximate surface area is 225 Å². The first-order valence-electron chi connectivity index (χ1n) is 13.4. The van der Waals surface area contributed by atoms with Crippen molar-refractivity contribution in [3.63, 3.8) is 0 Å². The number of nitrogens with zero attached hydrogens (tertiary/aromatic N) is 1. The number of hydrogen-bond acceptors (Lipinski definition) is 5. The molecular formula is C32H36N2O4. The van der Waals surface area contributed by atoms with E-state index in [1.54, 1.807) is 14.2 Å². The van der Waals surface area contributed by atoms with Crippen LogP contribution in [0, 0.1) is 0 Å². The molecule has 6 heteroatoms. The van der Waals surface area contributed by atoms with E-state index < -0.39 is 0 Å². The fraction of sp³-hybridized carbons (Fsp3) is 0.344. The number of carbonyl (C=O) groups excluding carboxylic acids is 1. The van der Waals surface area contributed by atoms with Crippen LogP contribution >= 0.6 is 0 Å². The lowest BCUT2D eigenvalue weighted by molar-refractivity contribution is -0.128. The van der Waals surface area contributed by atoms with E-state index in [1.165, 1.54) is 5.56 Å². The highest BCUT2D eigenvalue weighted by molar-refractivity contribution is 6.02. The first-order valence-corrected chi connectivity index (χ1v) is 13.4. The highest BCUT2D eigenvalue weighted by atomic mass is 16.5. The molecule has 0 spiro atoms. The fourth-order valence-corrected chi connectivity index (χ4v) is 5.01. The Morgan fingerprint density at radius 2 is 1.66 bits per heavy atom. The molecule has 0 unspecified atom stereocenters. The van der Waals surface area contributed by atoms with Crippen molar-refractivity contribution in [3.05, 3.63) is 89.5 Å². The van der Waals surface area contributed by atoms with Crippen molar-refractivity contribution in [3.8, 4) is 22.6 Å². The lowest BCUT2D eigenvalue weighted by atomic mass is 9.91. The summed E-state index contributed by atoms with van der Waals surface area (Å²) in [4.78, 5) is 16.2. The second kappa shape index (κ2) is 12.3. The van der Waals surface area contributed by atoms with E-state index in [-0.39, 0.29) is 11.9 Å². The number of hydrogen-bond donors (Lipinski definition) is 1. The molecular weight excluding hydrogens is 476 g/mol. The Kier molecular flexibility index (Phi) is 8.41. The third-order valence-corrected chi connectivity index (χ3v) is 7.13. The monoisotopic (exact) mass is 512 g/mol. The molecule has 1 aliphatic carbocycles. The molecule has 3 aromatic carbocycles. The van der Waals surface area contributed by atoms with Crippen molar-refractivity contribution in [1.29, 1.82) is 0 Å². The molecule has 0 radical (unpaired) electrons. The summed E-state index contributed by atoms with van der Waals surface area (Å²) in [5.74, 6) is 1.55. The zero-order valence-corrected chi connectivity index (χ0v) is 22.2. The van der Waals surface area contributed by atoms with Gasteiger partial charge in [-0.05, 0) is 71.8 Å². The van der Waals surface area contributed by atoms with E-state index >= 15 is 0 Å². The van der Waals surface area contributed by atoms with Gasteiger partial charge in [0.15, 0.2) is 0 Å². The average Bonchev–Trinajstić information content (AvgIpc) is 3.82.